The highest BCUT2D eigenvalue weighted by molar-refractivity contribution is 5.97. The van der Waals surface area contributed by atoms with E-state index in [4.69, 9.17) is 4.74 Å². The predicted molar refractivity (Wildman–Crippen MR) is 90.0 cm³/mol. The summed E-state index contributed by atoms with van der Waals surface area (Å²) in [6.07, 6.45) is 1.70. The Balaban J connectivity index is 2.52. The lowest BCUT2D eigenvalue weighted by Crippen LogP contribution is -2.04. The van der Waals surface area contributed by atoms with Crippen LogP contribution in [0.5, 0.6) is 0 Å². The summed E-state index contributed by atoms with van der Waals surface area (Å²) in [5.41, 5.74) is 4.97. The third kappa shape index (κ3) is 3.14. The van der Waals surface area contributed by atoms with E-state index in [1.54, 1.807) is 13.0 Å². The van der Waals surface area contributed by atoms with Gasteiger partial charge in [0.25, 0.3) is 0 Å². The number of hydrogen-bond acceptors (Lipinski definition) is 3. The molecule has 3 nitrogen and oxygen atoms in total. The minimum Gasteiger partial charge on any atom is -0.466 e. The van der Waals surface area contributed by atoms with E-state index < -0.39 is 0 Å². The SMILES string of the molecule is C=Cc1nc(-c2ccccc2)ccc1/C(C)=C(\C)C(=O)OC. The predicted octanol–water partition coefficient (Wildman–Crippen LogP) is 4.36. The van der Waals surface area contributed by atoms with Crippen molar-refractivity contribution >= 4 is 17.6 Å². The number of hydrogen-bond donors (Lipinski definition) is 0. The molecule has 112 valence electrons. The number of aromatic nitrogens is 1. The van der Waals surface area contributed by atoms with Crippen molar-refractivity contribution < 1.29 is 9.53 Å². The van der Waals surface area contributed by atoms with Crippen LogP contribution < -0.4 is 0 Å². The summed E-state index contributed by atoms with van der Waals surface area (Å²) in [4.78, 5) is 16.3. The zero-order valence-electron chi connectivity index (χ0n) is 13.1. The van der Waals surface area contributed by atoms with Crippen molar-refractivity contribution in [1.29, 1.82) is 0 Å². The van der Waals surface area contributed by atoms with Crippen LogP contribution in [0.3, 0.4) is 0 Å². The van der Waals surface area contributed by atoms with E-state index >= 15 is 0 Å². The molecule has 0 aliphatic rings. The van der Waals surface area contributed by atoms with Gasteiger partial charge in [0.05, 0.1) is 18.5 Å². The van der Waals surface area contributed by atoms with Crippen LogP contribution in [0.4, 0.5) is 0 Å². The molecule has 22 heavy (non-hydrogen) atoms. The maximum atomic E-state index is 11.7. The van der Waals surface area contributed by atoms with Crippen LogP contribution in [0.15, 0.2) is 54.6 Å². The van der Waals surface area contributed by atoms with Crippen LogP contribution in [-0.4, -0.2) is 18.1 Å². The van der Waals surface area contributed by atoms with Crippen LogP contribution in [0.1, 0.15) is 25.1 Å². The number of methoxy groups -OCH3 is 1. The van der Waals surface area contributed by atoms with E-state index in [1.165, 1.54) is 7.11 Å². The van der Waals surface area contributed by atoms with Crippen molar-refractivity contribution in [2.24, 2.45) is 0 Å². The second kappa shape index (κ2) is 6.85. The normalized spacial score (nSPS) is 11.6. The number of carbonyl (C=O) groups is 1. The second-order valence-electron chi connectivity index (χ2n) is 4.94. The lowest BCUT2D eigenvalue weighted by atomic mass is 9.99. The highest BCUT2D eigenvalue weighted by atomic mass is 16.5. The molecule has 0 amide bonds. The van der Waals surface area contributed by atoms with Crippen molar-refractivity contribution in [1.82, 2.24) is 4.98 Å². The summed E-state index contributed by atoms with van der Waals surface area (Å²) in [7, 11) is 1.38. The van der Waals surface area contributed by atoms with E-state index in [2.05, 4.69) is 11.6 Å². The zero-order valence-corrected chi connectivity index (χ0v) is 13.1. The Morgan fingerprint density at radius 2 is 1.82 bits per heavy atom. The van der Waals surface area contributed by atoms with E-state index in [1.807, 2.05) is 49.4 Å². The van der Waals surface area contributed by atoms with Gasteiger partial charge in [-0.1, -0.05) is 43.0 Å². The van der Waals surface area contributed by atoms with Gasteiger partial charge in [-0.05, 0) is 31.6 Å². The first kappa shape index (κ1) is 15.7. The fourth-order valence-electron chi connectivity index (χ4n) is 2.23. The largest absolute Gasteiger partial charge is 0.466 e. The van der Waals surface area contributed by atoms with Crippen LogP contribution in [0.2, 0.25) is 0 Å². The average Bonchev–Trinajstić information content (AvgIpc) is 2.59. The fourth-order valence-corrected chi connectivity index (χ4v) is 2.23. The van der Waals surface area contributed by atoms with E-state index in [0.29, 0.717) is 5.57 Å². The Morgan fingerprint density at radius 1 is 1.14 bits per heavy atom. The molecule has 1 heterocycles. The molecule has 0 saturated heterocycles. The molecular formula is C19H19NO2. The summed E-state index contributed by atoms with van der Waals surface area (Å²) in [5.74, 6) is -0.334. The molecule has 1 aromatic heterocycles. The number of ether oxygens (including phenoxy) is 1. The quantitative estimate of drug-likeness (QED) is 0.621. The second-order valence-corrected chi connectivity index (χ2v) is 4.94. The first-order chi connectivity index (χ1) is 10.6. The Labute approximate surface area is 131 Å². The molecule has 0 aliphatic carbocycles. The van der Waals surface area contributed by atoms with Crippen LogP contribution in [-0.2, 0) is 9.53 Å². The lowest BCUT2D eigenvalue weighted by Gasteiger charge is -2.11. The van der Waals surface area contributed by atoms with Gasteiger partial charge in [0, 0.05) is 16.7 Å². The number of benzene rings is 1. The van der Waals surface area contributed by atoms with Crippen molar-refractivity contribution in [3.05, 3.63) is 65.9 Å². The van der Waals surface area contributed by atoms with Crippen molar-refractivity contribution in [3.8, 4) is 11.3 Å². The third-order valence-electron chi connectivity index (χ3n) is 3.65. The number of esters is 1. The number of allylic oxidation sites excluding steroid dienone is 1. The van der Waals surface area contributed by atoms with Gasteiger partial charge in [0.15, 0.2) is 0 Å². The van der Waals surface area contributed by atoms with Crippen LogP contribution in [0.25, 0.3) is 22.9 Å². The van der Waals surface area contributed by atoms with Gasteiger partial charge in [-0.25, -0.2) is 9.78 Å². The van der Waals surface area contributed by atoms with Gasteiger partial charge in [-0.15, -0.1) is 0 Å². The minimum absolute atomic E-state index is 0.334. The molecule has 0 unspecified atom stereocenters. The van der Waals surface area contributed by atoms with Crippen molar-refractivity contribution in [2.75, 3.05) is 7.11 Å². The van der Waals surface area contributed by atoms with Crippen LogP contribution in [0, 0.1) is 0 Å². The minimum atomic E-state index is -0.334. The van der Waals surface area contributed by atoms with Crippen LogP contribution >= 0.6 is 0 Å². The summed E-state index contributed by atoms with van der Waals surface area (Å²) in [6.45, 7) is 7.47. The van der Waals surface area contributed by atoms with Gasteiger partial charge < -0.3 is 4.74 Å². The molecule has 0 spiro atoms. The van der Waals surface area contributed by atoms with Crippen molar-refractivity contribution in [2.45, 2.75) is 13.8 Å². The monoisotopic (exact) mass is 293 g/mol. The maximum absolute atomic E-state index is 11.7. The van der Waals surface area contributed by atoms with Gasteiger partial charge in [0.1, 0.15) is 0 Å². The molecule has 2 rings (SSSR count). The first-order valence-electron chi connectivity index (χ1n) is 7.03. The lowest BCUT2D eigenvalue weighted by molar-refractivity contribution is -0.135. The molecule has 0 N–H and O–H groups in total. The Hall–Kier alpha value is -2.68. The standard InChI is InChI=1S/C19H19NO2/c1-5-17-16(13(2)14(3)19(21)22-4)11-12-18(20-17)15-9-7-6-8-10-15/h5-12H,1H2,2-4H3/b14-13+. The average molecular weight is 293 g/mol. The number of rotatable bonds is 4. The molecule has 1 aromatic carbocycles. The molecular weight excluding hydrogens is 274 g/mol. The Morgan fingerprint density at radius 3 is 2.41 bits per heavy atom. The van der Waals surface area contributed by atoms with Crippen molar-refractivity contribution in [3.63, 3.8) is 0 Å². The number of nitrogens with zero attached hydrogens (tertiary/aromatic N) is 1. The van der Waals surface area contributed by atoms with Gasteiger partial charge >= 0.3 is 5.97 Å². The topological polar surface area (TPSA) is 39.2 Å². The molecule has 0 fully saturated rings. The van der Waals surface area contributed by atoms with Gasteiger partial charge in [-0.2, -0.15) is 0 Å². The summed E-state index contributed by atoms with van der Waals surface area (Å²) in [6, 6.07) is 13.9. The van der Waals surface area contributed by atoms with E-state index in [-0.39, 0.29) is 5.97 Å². The van der Waals surface area contributed by atoms with Gasteiger partial charge in [0.2, 0.25) is 0 Å². The molecule has 0 saturated carbocycles. The third-order valence-corrected chi connectivity index (χ3v) is 3.65. The zero-order chi connectivity index (χ0) is 16.1. The molecule has 2 aromatic rings. The molecule has 3 heteroatoms. The fraction of sp³-hybridized carbons (Fsp3) is 0.158. The first-order valence-corrected chi connectivity index (χ1v) is 7.03. The molecule has 0 radical (unpaired) electrons. The number of carbonyl (C=O) groups excluding carboxylic acids is 1. The summed E-state index contributed by atoms with van der Waals surface area (Å²) < 4.78 is 4.78. The number of pyridine rings is 1. The summed E-state index contributed by atoms with van der Waals surface area (Å²) >= 11 is 0. The highest BCUT2D eigenvalue weighted by Crippen LogP contribution is 2.26. The van der Waals surface area contributed by atoms with E-state index in [9.17, 15) is 4.79 Å². The smallest absolute Gasteiger partial charge is 0.333 e. The Kier molecular flexibility index (Phi) is 4.89. The molecule has 0 bridgehead atoms. The molecule has 0 aliphatic heterocycles. The summed E-state index contributed by atoms with van der Waals surface area (Å²) in [5, 5.41) is 0. The highest BCUT2D eigenvalue weighted by Gasteiger charge is 2.13. The van der Waals surface area contributed by atoms with E-state index in [0.717, 1.165) is 28.1 Å². The van der Waals surface area contributed by atoms with Gasteiger partial charge in [-0.3, -0.25) is 0 Å². The Bertz CT molecular complexity index is 730. The molecule has 0 atom stereocenters. The maximum Gasteiger partial charge on any atom is 0.333 e.